The first-order chi connectivity index (χ1) is 16.9. The number of hydrogen-bond donors (Lipinski definition) is 2. The number of likely N-dealkylation sites (N-methyl/N-ethyl adjacent to an activating group) is 1. The van der Waals surface area contributed by atoms with Gasteiger partial charge in [0.1, 0.15) is 0 Å². The zero-order valence-corrected chi connectivity index (χ0v) is 20.8. The summed E-state index contributed by atoms with van der Waals surface area (Å²) in [4.78, 5) is 28.9. The van der Waals surface area contributed by atoms with Crippen molar-refractivity contribution in [2.75, 3.05) is 83.3 Å². The third kappa shape index (κ3) is 7.49. The first kappa shape index (κ1) is 26.1. The monoisotopic (exact) mass is 486 g/mol. The van der Waals surface area contributed by atoms with Gasteiger partial charge in [0.05, 0.1) is 41.1 Å². The molecule has 3 rings (SSSR count). The first-order valence-corrected chi connectivity index (χ1v) is 11.4. The van der Waals surface area contributed by atoms with Crippen molar-refractivity contribution in [3.05, 3.63) is 36.4 Å². The standard InChI is InChI=1S/C25H34N4O6/c1-28(10-9-23(30)27-19-15-21(32-2)25(34-4)22(16-19)33-3)17-24(31)26-18-5-7-20(8-6-18)29-11-13-35-14-12-29/h5-8,15-16H,9-14,17H2,1-4H3,(H,26,31)(H,27,30). The number of carbonyl (C=O) groups excluding carboxylic acids is 2. The van der Waals surface area contributed by atoms with Crippen molar-refractivity contribution in [2.24, 2.45) is 0 Å². The van der Waals surface area contributed by atoms with E-state index in [0.717, 1.165) is 37.7 Å². The van der Waals surface area contributed by atoms with E-state index in [9.17, 15) is 9.59 Å². The largest absolute Gasteiger partial charge is 0.493 e. The van der Waals surface area contributed by atoms with Crippen molar-refractivity contribution in [2.45, 2.75) is 6.42 Å². The van der Waals surface area contributed by atoms with Crippen LogP contribution in [0.3, 0.4) is 0 Å². The van der Waals surface area contributed by atoms with E-state index in [1.807, 2.05) is 24.3 Å². The van der Waals surface area contributed by atoms with E-state index >= 15 is 0 Å². The van der Waals surface area contributed by atoms with Crippen LogP contribution in [-0.4, -0.2) is 84.5 Å². The molecule has 10 nitrogen and oxygen atoms in total. The fourth-order valence-electron chi connectivity index (χ4n) is 3.77. The molecule has 35 heavy (non-hydrogen) atoms. The molecule has 0 unspecified atom stereocenters. The highest BCUT2D eigenvalue weighted by Gasteiger charge is 2.16. The molecule has 1 aliphatic heterocycles. The summed E-state index contributed by atoms with van der Waals surface area (Å²) in [7, 11) is 6.35. The predicted molar refractivity (Wildman–Crippen MR) is 135 cm³/mol. The Morgan fingerprint density at radius 1 is 0.914 bits per heavy atom. The van der Waals surface area contributed by atoms with Crippen LogP contribution in [0.15, 0.2) is 36.4 Å². The number of rotatable bonds is 11. The van der Waals surface area contributed by atoms with Gasteiger partial charge in [0.25, 0.3) is 0 Å². The topological polar surface area (TPSA) is 102 Å². The van der Waals surface area contributed by atoms with E-state index in [4.69, 9.17) is 18.9 Å². The molecule has 190 valence electrons. The summed E-state index contributed by atoms with van der Waals surface area (Å²) in [5.74, 6) is 1.03. The lowest BCUT2D eigenvalue weighted by atomic mass is 10.2. The van der Waals surface area contributed by atoms with Crippen molar-refractivity contribution in [3.8, 4) is 17.2 Å². The average molecular weight is 487 g/mol. The Morgan fingerprint density at radius 3 is 2.09 bits per heavy atom. The summed E-state index contributed by atoms with van der Waals surface area (Å²) in [6, 6.07) is 11.1. The second kappa shape index (κ2) is 12.8. The molecule has 1 heterocycles. The lowest BCUT2D eigenvalue weighted by Crippen LogP contribution is -2.36. The third-order valence-corrected chi connectivity index (χ3v) is 5.61. The number of anilines is 3. The van der Waals surface area contributed by atoms with Gasteiger partial charge in [0.15, 0.2) is 11.5 Å². The van der Waals surface area contributed by atoms with Crippen molar-refractivity contribution in [1.82, 2.24) is 4.90 Å². The number of benzene rings is 2. The maximum Gasteiger partial charge on any atom is 0.238 e. The van der Waals surface area contributed by atoms with Gasteiger partial charge < -0.3 is 34.5 Å². The van der Waals surface area contributed by atoms with E-state index in [2.05, 4.69) is 15.5 Å². The van der Waals surface area contributed by atoms with Crippen LogP contribution in [0.5, 0.6) is 17.2 Å². The fraction of sp³-hybridized carbons (Fsp3) is 0.440. The summed E-state index contributed by atoms with van der Waals surface area (Å²) in [6.45, 7) is 3.77. The van der Waals surface area contributed by atoms with Crippen LogP contribution in [0.1, 0.15) is 6.42 Å². The number of nitrogens with one attached hydrogen (secondary N) is 2. The molecule has 2 aromatic rings. The average Bonchev–Trinajstić information content (AvgIpc) is 2.87. The van der Waals surface area contributed by atoms with Gasteiger partial charge in [-0.05, 0) is 31.3 Å². The van der Waals surface area contributed by atoms with Gasteiger partial charge >= 0.3 is 0 Å². The van der Waals surface area contributed by atoms with E-state index in [-0.39, 0.29) is 24.8 Å². The Balaban J connectivity index is 1.44. The van der Waals surface area contributed by atoms with Gasteiger partial charge in [-0.25, -0.2) is 0 Å². The van der Waals surface area contributed by atoms with Crippen molar-refractivity contribution < 1.29 is 28.5 Å². The molecule has 2 N–H and O–H groups in total. The maximum absolute atomic E-state index is 12.4. The normalized spacial score (nSPS) is 13.3. The Labute approximate surface area is 206 Å². The Morgan fingerprint density at radius 2 is 1.51 bits per heavy atom. The number of amides is 2. The first-order valence-electron chi connectivity index (χ1n) is 11.4. The number of nitrogens with zero attached hydrogens (tertiary/aromatic N) is 2. The SMILES string of the molecule is COc1cc(NC(=O)CCN(C)CC(=O)Nc2ccc(N3CCOCC3)cc2)cc(OC)c1OC. The number of morpholine rings is 1. The van der Waals surface area contributed by atoms with E-state index in [1.54, 1.807) is 24.1 Å². The summed E-state index contributed by atoms with van der Waals surface area (Å²) >= 11 is 0. The van der Waals surface area contributed by atoms with Crippen molar-refractivity contribution in [3.63, 3.8) is 0 Å². The van der Waals surface area contributed by atoms with E-state index in [1.165, 1.54) is 21.3 Å². The smallest absolute Gasteiger partial charge is 0.238 e. The number of ether oxygens (including phenoxy) is 4. The molecule has 0 radical (unpaired) electrons. The highest BCUT2D eigenvalue weighted by Crippen LogP contribution is 2.39. The summed E-state index contributed by atoms with van der Waals surface area (Å²) in [5, 5.41) is 5.73. The summed E-state index contributed by atoms with van der Waals surface area (Å²) in [5.41, 5.74) is 2.38. The van der Waals surface area contributed by atoms with Crippen LogP contribution in [0.2, 0.25) is 0 Å². The van der Waals surface area contributed by atoms with Gasteiger partial charge in [0, 0.05) is 55.2 Å². The summed E-state index contributed by atoms with van der Waals surface area (Å²) in [6.07, 6.45) is 0.217. The second-order valence-corrected chi connectivity index (χ2v) is 8.14. The van der Waals surface area contributed by atoms with Crippen LogP contribution < -0.4 is 29.7 Å². The number of hydrogen-bond acceptors (Lipinski definition) is 8. The molecular weight excluding hydrogens is 452 g/mol. The predicted octanol–water partition coefficient (Wildman–Crippen LogP) is 2.45. The molecular formula is C25H34N4O6. The van der Waals surface area contributed by atoms with E-state index in [0.29, 0.717) is 29.5 Å². The molecule has 1 saturated heterocycles. The zero-order valence-electron chi connectivity index (χ0n) is 20.8. The molecule has 10 heteroatoms. The van der Waals surface area contributed by atoms with Gasteiger partial charge in [-0.1, -0.05) is 0 Å². The van der Waals surface area contributed by atoms with Gasteiger partial charge in [0.2, 0.25) is 17.6 Å². The molecule has 0 bridgehead atoms. The van der Waals surface area contributed by atoms with E-state index < -0.39 is 0 Å². The van der Waals surface area contributed by atoms with Crippen molar-refractivity contribution in [1.29, 1.82) is 0 Å². The minimum Gasteiger partial charge on any atom is -0.493 e. The number of carbonyl (C=O) groups is 2. The number of methoxy groups -OCH3 is 3. The minimum atomic E-state index is -0.190. The maximum atomic E-state index is 12.4. The van der Waals surface area contributed by atoms with Crippen LogP contribution in [-0.2, 0) is 14.3 Å². The summed E-state index contributed by atoms with van der Waals surface area (Å²) < 4.78 is 21.3. The molecule has 0 saturated carbocycles. The second-order valence-electron chi connectivity index (χ2n) is 8.14. The van der Waals surface area contributed by atoms with Gasteiger partial charge in [-0.3, -0.25) is 14.5 Å². The van der Waals surface area contributed by atoms with Gasteiger partial charge in [-0.15, -0.1) is 0 Å². The minimum absolute atomic E-state index is 0.142. The molecule has 1 aliphatic rings. The van der Waals surface area contributed by atoms with Gasteiger partial charge in [-0.2, -0.15) is 0 Å². The van der Waals surface area contributed by atoms with Crippen molar-refractivity contribution >= 4 is 28.9 Å². The molecule has 2 amide bonds. The lowest BCUT2D eigenvalue weighted by Gasteiger charge is -2.28. The molecule has 0 aliphatic carbocycles. The van der Waals surface area contributed by atoms with Crippen LogP contribution >= 0.6 is 0 Å². The van der Waals surface area contributed by atoms with Crippen LogP contribution in [0.25, 0.3) is 0 Å². The molecule has 2 aromatic carbocycles. The highest BCUT2D eigenvalue weighted by molar-refractivity contribution is 5.93. The van der Waals surface area contributed by atoms with Crippen LogP contribution in [0, 0.1) is 0 Å². The molecule has 0 aromatic heterocycles. The molecule has 1 fully saturated rings. The molecule has 0 spiro atoms. The zero-order chi connectivity index (χ0) is 25.2. The highest BCUT2D eigenvalue weighted by atomic mass is 16.5. The fourth-order valence-corrected chi connectivity index (χ4v) is 3.77. The molecule has 0 atom stereocenters. The Kier molecular flexibility index (Phi) is 9.56. The third-order valence-electron chi connectivity index (χ3n) is 5.61. The Hall–Kier alpha value is -3.50. The quantitative estimate of drug-likeness (QED) is 0.500. The lowest BCUT2D eigenvalue weighted by molar-refractivity contribution is -0.119. The van der Waals surface area contributed by atoms with Crippen LogP contribution in [0.4, 0.5) is 17.1 Å². The Bertz CT molecular complexity index is 967.